The standard InChI is InChI=1S/C22H20N4O5S3/c1-3-32-21-24-19-18(33-21)20(28)26(15-7-5-4-6-8-15)22(29)25(19)13-17(27)23-14-9-11-16(12-10-14)34(2,30)31/h4-12H,3,13H2,1-2H3,(H,23,27). The van der Waals surface area contributed by atoms with Crippen LogP contribution in [-0.2, 0) is 21.2 Å². The minimum absolute atomic E-state index is 0.127. The van der Waals surface area contributed by atoms with E-state index in [-0.39, 0.29) is 21.8 Å². The molecule has 0 radical (unpaired) electrons. The first-order valence-electron chi connectivity index (χ1n) is 10.1. The fraction of sp³-hybridized carbons (Fsp3) is 0.182. The van der Waals surface area contributed by atoms with Crippen LogP contribution in [0.4, 0.5) is 5.69 Å². The van der Waals surface area contributed by atoms with E-state index < -0.39 is 27.0 Å². The number of carbonyl (C=O) groups excluding carboxylic acids is 1. The minimum atomic E-state index is -3.36. The molecule has 0 saturated carbocycles. The lowest BCUT2D eigenvalue weighted by atomic mass is 10.3. The Hall–Kier alpha value is -3.22. The van der Waals surface area contributed by atoms with Crippen LogP contribution in [0.3, 0.4) is 0 Å². The molecule has 4 rings (SSSR count). The summed E-state index contributed by atoms with van der Waals surface area (Å²) in [7, 11) is -3.36. The van der Waals surface area contributed by atoms with Crippen LogP contribution in [0.5, 0.6) is 0 Å². The summed E-state index contributed by atoms with van der Waals surface area (Å²) in [5.74, 6) is 0.215. The molecule has 0 unspecified atom stereocenters. The van der Waals surface area contributed by atoms with Gasteiger partial charge < -0.3 is 5.32 Å². The average Bonchev–Trinajstić information content (AvgIpc) is 3.22. The van der Waals surface area contributed by atoms with Crippen LogP contribution in [-0.4, -0.2) is 40.5 Å². The Balaban J connectivity index is 1.76. The molecule has 0 fully saturated rings. The summed E-state index contributed by atoms with van der Waals surface area (Å²) >= 11 is 2.63. The number of para-hydroxylation sites is 1. The van der Waals surface area contributed by atoms with Crippen LogP contribution in [0, 0.1) is 0 Å². The minimum Gasteiger partial charge on any atom is -0.325 e. The number of nitrogens with one attached hydrogen (secondary N) is 1. The molecule has 0 aliphatic rings. The van der Waals surface area contributed by atoms with Crippen molar-refractivity contribution in [1.29, 1.82) is 0 Å². The Bertz CT molecular complexity index is 1590. The Labute approximate surface area is 203 Å². The molecule has 2 heterocycles. The van der Waals surface area contributed by atoms with Crippen molar-refractivity contribution in [1.82, 2.24) is 14.1 Å². The summed E-state index contributed by atoms with van der Waals surface area (Å²) in [6.45, 7) is 1.57. The quantitative estimate of drug-likeness (QED) is 0.375. The second-order valence-electron chi connectivity index (χ2n) is 7.26. The van der Waals surface area contributed by atoms with Crippen LogP contribution < -0.4 is 16.6 Å². The van der Waals surface area contributed by atoms with Crippen molar-refractivity contribution in [2.45, 2.75) is 22.7 Å². The number of hydrogen-bond acceptors (Lipinski definition) is 8. The lowest BCUT2D eigenvalue weighted by Crippen LogP contribution is -2.40. The Morgan fingerprint density at radius 1 is 1.09 bits per heavy atom. The van der Waals surface area contributed by atoms with Gasteiger partial charge >= 0.3 is 5.69 Å². The van der Waals surface area contributed by atoms with Crippen LogP contribution >= 0.6 is 23.1 Å². The second-order valence-corrected chi connectivity index (χ2v) is 11.8. The first kappa shape index (κ1) is 23.9. The highest BCUT2D eigenvalue weighted by molar-refractivity contribution is 8.01. The molecule has 2 aromatic heterocycles. The summed E-state index contributed by atoms with van der Waals surface area (Å²) in [4.78, 5) is 43.9. The number of nitrogens with zero attached hydrogens (tertiary/aromatic N) is 3. The van der Waals surface area contributed by atoms with E-state index in [1.54, 1.807) is 30.3 Å². The van der Waals surface area contributed by atoms with Gasteiger partial charge in [-0.1, -0.05) is 36.9 Å². The molecule has 9 nitrogen and oxygen atoms in total. The van der Waals surface area contributed by atoms with Crippen molar-refractivity contribution in [3.63, 3.8) is 0 Å². The summed E-state index contributed by atoms with van der Waals surface area (Å²) < 4.78 is 26.4. The first-order chi connectivity index (χ1) is 16.2. The highest BCUT2D eigenvalue weighted by Gasteiger charge is 2.20. The maximum absolute atomic E-state index is 13.4. The van der Waals surface area contributed by atoms with Crippen molar-refractivity contribution in [2.24, 2.45) is 0 Å². The van der Waals surface area contributed by atoms with E-state index in [0.717, 1.165) is 16.6 Å². The summed E-state index contributed by atoms with van der Waals surface area (Å²) in [5, 5.41) is 2.66. The van der Waals surface area contributed by atoms with Crippen LogP contribution in [0.15, 0.2) is 73.4 Å². The van der Waals surface area contributed by atoms with E-state index in [4.69, 9.17) is 0 Å². The molecule has 1 amide bonds. The van der Waals surface area contributed by atoms with Gasteiger partial charge in [-0.15, -0.1) is 11.3 Å². The van der Waals surface area contributed by atoms with E-state index in [1.165, 1.54) is 51.9 Å². The molecule has 0 atom stereocenters. The van der Waals surface area contributed by atoms with Gasteiger partial charge in [0.2, 0.25) is 5.91 Å². The van der Waals surface area contributed by atoms with Gasteiger partial charge in [0.1, 0.15) is 11.2 Å². The molecular formula is C22H20N4O5S3. The number of fused-ring (bicyclic) bond motifs is 1. The van der Waals surface area contributed by atoms with E-state index in [0.29, 0.717) is 15.7 Å². The molecular weight excluding hydrogens is 496 g/mol. The number of rotatable bonds is 7. The van der Waals surface area contributed by atoms with Crippen LogP contribution in [0.2, 0.25) is 0 Å². The van der Waals surface area contributed by atoms with Gasteiger partial charge in [-0.25, -0.2) is 22.8 Å². The number of carbonyl (C=O) groups is 1. The van der Waals surface area contributed by atoms with Gasteiger partial charge in [0, 0.05) is 11.9 Å². The lowest BCUT2D eigenvalue weighted by Gasteiger charge is -2.12. The predicted molar refractivity (Wildman–Crippen MR) is 134 cm³/mol. The third-order valence-corrected chi connectivity index (χ3v) is 8.00. The molecule has 2 aromatic carbocycles. The number of anilines is 1. The molecule has 0 saturated heterocycles. The van der Waals surface area contributed by atoms with E-state index >= 15 is 0 Å². The maximum Gasteiger partial charge on any atom is 0.337 e. The average molecular weight is 517 g/mol. The first-order valence-corrected chi connectivity index (χ1v) is 13.8. The third kappa shape index (κ3) is 4.83. The number of hydrogen-bond donors (Lipinski definition) is 1. The molecule has 176 valence electrons. The van der Waals surface area contributed by atoms with E-state index in [2.05, 4.69) is 10.3 Å². The van der Waals surface area contributed by atoms with Gasteiger partial charge in [-0.2, -0.15) is 0 Å². The van der Waals surface area contributed by atoms with Crippen molar-refractivity contribution < 1.29 is 13.2 Å². The monoisotopic (exact) mass is 516 g/mol. The third-order valence-electron chi connectivity index (χ3n) is 4.81. The zero-order valence-corrected chi connectivity index (χ0v) is 20.7. The summed E-state index contributed by atoms with van der Waals surface area (Å²) in [6.07, 6.45) is 1.10. The summed E-state index contributed by atoms with van der Waals surface area (Å²) in [6, 6.07) is 14.2. The predicted octanol–water partition coefficient (Wildman–Crippen LogP) is 2.76. The number of benzene rings is 2. The highest BCUT2D eigenvalue weighted by Crippen LogP contribution is 2.27. The van der Waals surface area contributed by atoms with E-state index in [9.17, 15) is 22.8 Å². The molecule has 0 bridgehead atoms. The van der Waals surface area contributed by atoms with Crippen molar-refractivity contribution in [3.05, 3.63) is 75.4 Å². The molecule has 4 aromatic rings. The number of amides is 1. The molecule has 0 aliphatic heterocycles. The second kappa shape index (κ2) is 9.57. The van der Waals surface area contributed by atoms with Gasteiger partial charge in [-0.3, -0.25) is 14.2 Å². The maximum atomic E-state index is 13.4. The topological polar surface area (TPSA) is 120 Å². The Morgan fingerprint density at radius 2 is 1.76 bits per heavy atom. The summed E-state index contributed by atoms with van der Waals surface area (Å²) in [5.41, 5.74) is -0.239. The van der Waals surface area contributed by atoms with Gasteiger partial charge in [0.05, 0.1) is 10.6 Å². The number of thioether (sulfide) groups is 1. The smallest absolute Gasteiger partial charge is 0.325 e. The number of thiazole rings is 1. The SMILES string of the molecule is CCSc1nc2c(s1)c(=O)n(-c1ccccc1)c(=O)n2CC(=O)Nc1ccc(S(C)(=O)=O)cc1. The normalized spacial score (nSPS) is 11.6. The van der Waals surface area contributed by atoms with Crippen molar-refractivity contribution >= 4 is 54.9 Å². The van der Waals surface area contributed by atoms with Crippen molar-refractivity contribution in [3.8, 4) is 5.69 Å². The van der Waals surface area contributed by atoms with Gasteiger partial charge in [-0.05, 0) is 42.2 Å². The van der Waals surface area contributed by atoms with Gasteiger partial charge in [0.25, 0.3) is 5.56 Å². The zero-order valence-electron chi connectivity index (χ0n) is 18.2. The molecule has 12 heteroatoms. The molecule has 0 spiro atoms. The fourth-order valence-electron chi connectivity index (χ4n) is 3.28. The van der Waals surface area contributed by atoms with Crippen molar-refractivity contribution in [2.75, 3.05) is 17.3 Å². The largest absolute Gasteiger partial charge is 0.337 e. The van der Waals surface area contributed by atoms with E-state index in [1.807, 2.05) is 6.92 Å². The zero-order chi connectivity index (χ0) is 24.5. The molecule has 1 N–H and O–H groups in total. The lowest BCUT2D eigenvalue weighted by molar-refractivity contribution is -0.116. The Morgan fingerprint density at radius 3 is 2.38 bits per heavy atom. The molecule has 34 heavy (non-hydrogen) atoms. The highest BCUT2D eigenvalue weighted by atomic mass is 32.2. The van der Waals surface area contributed by atoms with Gasteiger partial charge in [0.15, 0.2) is 19.8 Å². The van der Waals surface area contributed by atoms with Crippen LogP contribution in [0.1, 0.15) is 6.92 Å². The van der Waals surface area contributed by atoms with Crippen LogP contribution in [0.25, 0.3) is 16.0 Å². The number of aromatic nitrogens is 3. The Kier molecular flexibility index (Phi) is 6.73. The number of sulfone groups is 1. The molecule has 0 aliphatic carbocycles. The fourth-order valence-corrected chi connectivity index (χ4v) is 5.88.